The third kappa shape index (κ3) is 4.13. The summed E-state index contributed by atoms with van der Waals surface area (Å²) in [5.74, 6) is 0.653. The molecule has 6 heteroatoms. The molecular formula is C14H17Cl2N3O. The molecular weight excluding hydrogens is 297 g/mol. The average molecular weight is 314 g/mol. The normalized spacial score (nSPS) is 12.4. The van der Waals surface area contributed by atoms with Gasteiger partial charge in [0, 0.05) is 23.5 Å². The lowest BCUT2D eigenvalue weighted by molar-refractivity contribution is 0.288. The summed E-state index contributed by atoms with van der Waals surface area (Å²) in [5.41, 5.74) is 6.77. The minimum atomic E-state index is 0.0120. The topological polar surface area (TPSA) is 53.1 Å². The first-order valence-electron chi connectivity index (χ1n) is 6.40. The minimum Gasteiger partial charge on any atom is -0.490 e. The Hall–Kier alpha value is -1.23. The van der Waals surface area contributed by atoms with E-state index >= 15 is 0 Å². The fourth-order valence-corrected chi connectivity index (χ4v) is 2.54. The molecule has 0 radical (unpaired) electrons. The summed E-state index contributed by atoms with van der Waals surface area (Å²) in [6, 6.07) is 5.41. The van der Waals surface area contributed by atoms with E-state index < -0.39 is 0 Å². The van der Waals surface area contributed by atoms with Crippen LogP contribution in [0, 0.1) is 0 Å². The maximum absolute atomic E-state index is 6.21. The van der Waals surface area contributed by atoms with Gasteiger partial charge >= 0.3 is 0 Å². The molecule has 2 aromatic rings. The summed E-state index contributed by atoms with van der Waals surface area (Å²) in [5, 5.41) is 5.21. The Bertz CT molecular complexity index is 556. The predicted molar refractivity (Wildman–Crippen MR) is 81.5 cm³/mol. The van der Waals surface area contributed by atoms with Crippen LogP contribution in [-0.4, -0.2) is 22.4 Å². The SMILES string of the molecule is CC(N)Cc1cc(Cl)cc(Cl)c1OCCn1cccn1. The highest BCUT2D eigenvalue weighted by Crippen LogP contribution is 2.33. The van der Waals surface area contributed by atoms with E-state index in [0.717, 1.165) is 5.56 Å². The minimum absolute atomic E-state index is 0.0120. The van der Waals surface area contributed by atoms with Gasteiger partial charge in [-0.1, -0.05) is 23.2 Å². The Labute approximate surface area is 128 Å². The van der Waals surface area contributed by atoms with Gasteiger partial charge in [0.15, 0.2) is 0 Å². The van der Waals surface area contributed by atoms with Crippen LogP contribution in [-0.2, 0) is 13.0 Å². The monoisotopic (exact) mass is 313 g/mol. The van der Waals surface area contributed by atoms with Crippen molar-refractivity contribution in [3.8, 4) is 5.75 Å². The smallest absolute Gasteiger partial charge is 0.141 e. The van der Waals surface area contributed by atoms with Crippen molar-refractivity contribution >= 4 is 23.2 Å². The molecule has 0 fully saturated rings. The maximum Gasteiger partial charge on any atom is 0.141 e. The second-order valence-electron chi connectivity index (χ2n) is 4.67. The summed E-state index contributed by atoms with van der Waals surface area (Å²) in [6.45, 7) is 3.07. The summed E-state index contributed by atoms with van der Waals surface area (Å²) < 4.78 is 7.59. The van der Waals surface area contributed by atoms with Gasteiger partial charge in [0.2, 0.25) is 0 Å². The molecule has 2 N–H and O–H groups in total. The number of nitrogens with two attached hydrogens (primary N) is 1. The quantitative estimate of drug-likeness (QED) is 0.891. The molecule has 2 rings (SSSR count). The molecule has 0 aliphatic heterocycles. The van der Waals surface area contributed by atoms with Gasteiger partial charge in [-0.05, 0) is 37.1 Å². The summed E-state index contributed by atoms with van der Waals surface area (Å²) in [6.07, 6.45) is 4.28. The van der Waals surface area contributed by atoms with Crippen molar-refractivity contribution in [2.24, 2.45) is 5.73 Å². The Balaban J connectivity index is 2.08. The lowest BCUT2D eigenvalue weighted by Crippen LogP contribution is -2.19. The maximum atomic E-state index is 6.21. The van der Waals surface area contributed by atoms with Crippen molar-refractivity contribution in [1.29, 1.82) is 0 Å². The molecule has 0 spiro atoms. The van der Waals surface area contributed by atoms with Gasteiger partial charge in [-0.2, -0.15) is 5.10 Å². The van der Waals surface area contributed by atoms with E-state index in [2.05, 4.69) is 5.10 Å². The van der Waals surface area contributed by atoms with Crippen molar-refractivity contribution in [1.82, 2.24) is 9.78 Å². The van der Waals surface area contributed by atoms with E-state index in [4.69, 9.17) is 33.7 Å². The molecule has 4 nitrogen and oxygen atoms in total. The number of rotatable bonds is 6. The lowest BCUT2D eigenvalue weighted by Gasteiger charge is -2.15. The van der Waals surface area contributed by atoms with E-state index in [-0.39, 0.29) is 6.04 Å². The zero-order valence-corrected chi connectivity index (χ0v) is 12.7. The standard InChI is InChI=1S/C14H17Cl2N3O/c1-10(17)7-11-8-12(15)9-13(16)14(11)20-6-5-19-4-2-3-18-19/h2-4,8-10H,5-7,17H2,1H3. The van der Waals surface area contributed by atoms with Crippen molar-refractivity contribution in [2.45, 2.75) is 25.9 Å². The number of hydrogen-bond acceptors (Lipinski definition) is 3. The van der Waals surface area contributed by atoms with Crippen LogP contribution < -0.4 is 10.5 Å². The Morgan fingerprint density at radius 3 is 2.85 bits per heavy atom. The molecule has 0 saturated carbocycles. The van der Waals surface area contributed by atoms with Gasteiger partial charge in [-0.3, -0.25) is 4.68 Å². The van der Waals surface area contributed by atoms with Crippen molar-refractivity contribution in [3.05, 3.63) is 46.2 Å². The van der Waals surface area contributed by atoms with Crippen molar-refractivity contribution < 1.29 is 4.74 Å². The van der Waals surface area contributed by atoms with Crippen LogP contribution in [0.25, 0.3) is 0 Å². The van der Waals surface area contributed by atoms with Gasteiger partial charge in [0.25, 0.3) is 0 Å². The predicted octanol–water partition coefficient (Wildman–Crippen LogP) is 3.16. The number of aromatic nitrogens is 2. The molecule has 1 unspecified atom stereocenters. The average Bonchev–Trinajstić information content (AvgIpc) is 2.84. The van der Waals surface area contributed by atoms with Crippen LogP contribution in [0.3, 0.4) is 0 Å². The van der Waals surface area contributed by atoms with Crippen LogP contribution in [0.4, 0.5) is 0 Å². The highest BCUT2D eigenvalue weighted by atomic mass is 35.5. The zero-order valence-electron chi connectivity index (χ0n) is 11.2. The summed E-state index contributed by atoms with van der Waals surface area (Å²) >= 11 is 12.2. The third-order valence-corrected chi connectivity index (χ3v) is 3.25. The van der Waals surface area contributed by atoms with Gasteiger partial charge in [-0.15, -0.1) is 0 Å². The molecule has 1 heterocycles. The molecule has 20 heavy (non-hydrogen) atoms. The van der Waals surface area contributed by atoms with E-state index in [0.29, 0.717) is 35.4 Å². The number of nitrogens with zero attached hydrogens (tertiary/aromatic N) is 2. The van der Waals surface area contributed by atoms with E-state index in [1.165, 1.54) is 0 Å². The molecule has 1 atom stereocenters. The van der Waals surface area contributed by atoms with Gasteiger partial charge in [-0.25, -0.2) is 0 Å². The summed E-state index contributed by atoms with van der Waals surface area (Å²) in [7, 11) is 0. The second kappa shape index (κ2) is 6.97. The summed E-state index contributed by atoms with van der Waals surface area (Å²) in [4.78, 5) is 0. The molecule has 1 aromatic heterocycles. The fourth-order valence-electron chi connectivity index (χ4n) is 1.95. The highest BCUT2D eigenvalue weighted by molar-refractivity contribution is 6.35. The molecule has 0 bridgehead atoms. The molecule has 1 aromatic carbocycles. The van der Waals surface area contributed by atoms with Gasteiger partial charge in [0.05, 0.1) is 11.6 Å². The molecule has 0 saturated heterocycles. The number of halogens is 2. The van der Waals surface area contributed by atoms with Crippen molar-refractivity contribution in [2.75, 3.05) is 6.61 Å². The van der Waals surface area contributed by atoms with E-state index in [1.54, 1.807) is 16.9 Å². The fraction of sp³-hybridized carbons (Fsp3) is 0.357. The number of ether oxygens (including phenoxy) is 1. The van der Waals surface area contributed by atoms with E-state index in [1.807, 2.05) is 25.3 Å². The zero-order chi connectivity index (χ0) is 14.5. The van der Waals surface area contributed by atoms with Crippen LogP contribution in [0.5, 0.6) is 5.75 Å². The number of benzene rings is 1. The van der Waals surface area contributed by atoms with Crippen molar-refractivity contribution in [3.63, 3.8) is 0 Å². The Morgan fingerprint density at radius 2 is 2.20 bits per heavy atom. The first kappa shape index (κ1) is 15.2. The largest absolute Gasteiger partial charge is 0.490 e. The van der Waals surface area contributed by atoms with Crippen LogP contribution in [0.15, 0.2) is 30.6 Å². The lowest BCUT2D eigenvalue weighted by atomic mass is 10.1. The molecule has 0 amide bonds. The molecule has 0 aliphatic carbocycles. The third-order valence-electron chi connectivity index (χ3n) is 2.75. The Kier molecular flexibility index (Phi) is 5.29. The number of hydrogen-bond donors (Lipinski definition) is 1. The van der Waals surface area contributed by atoms with Crippen LogP contribution >= 0.6 is 23.2 Å². The molecule has 108 valence electrons. The second-order valence-corrected chi connectivity index (χ2v) is 5.52. The Morgan fingerprint density at radius 1 is 1.40 bits per heavy atom. The van der Waals surface area contributed by atoms with Gasteiger partial charge in [0.1, 0.15) is 12.4 Å². The van der Waals surface area contributed by atoms with E-state index in [9.17, 15) is 0 Å². The van der Waals surface area contributed by atoms with Crippen LogP contribution in [0.2, 0.25) is 10.0 Å². The molecule has 0 aliphatic rings. The highest BCUT2D eigenvalue weighted by Gasteiger charge is 2.12. The first-order valence-corrected chi connectivity index (χ1v) is 7.15. The van der Waals surface area contributed by atoms with Crippen LogP contribution in [0.1, 0.15) is 12.5 Å². The van der Waals surface area contributed by atoms with Gasteiger partial charge < -0.3 is 10.5 Å². The first-order chi connectivity index (χ1) is 9.56.